The van der Waals surface area contributed by atoms with Crippen LogP contribution in [-0.4, -0.2) is 29.6 Å². The first-order valence-corrected chi connectivity index (χ1v) is 7.51. The molecule has 0 saturated carbocycles. The highest BCUT2D eigenvalue weighted by atomic mass is 16.5. The first kappa shape index (κ1) is 13.9. The summed E-state index contributed by atoms with van der Waals surface area (Å²) in [5.41, 5.74) is 1.56. The van der Waals surface area contributed by atoms with Crippen molar-refractivity contribution in [3.8, 4) is 0 Å². The molecule has 2 atom stereocenters. The van der Waals surface area contributed by atoms with E-state index < -0.39 is 0 Å². The number of aromatic nitrogens is 1. The molecular weight excluding hydrogens is 268 g/mol. The molecule has 0 amide bonds. The van der Waals surface area contributed by atoms with Gasteiger partial charge in [0.25, 0.3) is 6.01 Å². The molecule has 2 heterocycles. The van der Waals surface area contributed by atoms with Gasteiger partial charge in [-0.1, -0.05) is 19.1 Å². The maximum Gasteiger partial charge on any atom is 0.329 e. The molecule has 1 aromatic heterocycles. The molecule has 21 heavy (non-hydrogen) atoms. The van der Waals surface area contributed by atoms with Crippen LogP contribution in [-0.2, 0) is 9.53 Å². The standard InChI is InChI=1S/C16H20N2O3/c1-3-11(2)20-15(19)13-8-6-10-18(13)16-17-12-7-4-5-9-14(12)21-16/h4-5,7,9,11,13H,3,6,8,10H2,1-2H3/t11?,13-/m0/s1. The van der Waals surface area contributed by atoms with Crippen LogP contribution in [0.1, 0.15) is 33.1 Å². The van der Waals surface area contributed by atoms with Crippen molar-refractivity contribution in [3.63, 3.8) is 0 Å². The summed E-state index contributed by atoms with van der Waals surface area (Å²) in [4.78, 5) is 18.7. The fraction of sp³-hybridized carbons (Fsp3) is 0.500. The maximum atomic E-state index is 12.3. The topological polar surface area (TPSA) is 55.6 Å². The zero-order chi connectivity index (χ0) is 14.8. The van der Waals surface area contributed by atoms with E-state index in [1.165, 1.54) is 0 Å². The van der Waals surface area contributed by atoms with Crippen molar-refractivity contribution in [2.45, 2.75) is 45.3 Å². The molecule has 1 aliphatic heterocycles. The van der Waals surface area contributed by atoms with Gasteiger partial charge >= 0.3 is 5.97 Å². The second kappa shape index (κ2) is 5.76. The third kappa shape index (κ3) is 2.73. The number of nitrogens with zero attached hydrogens (tertiary/aromatic N) is 2. The Balaban J connectivity index is 1.81. The van der Waals surface area contributed by atoms with Crippen LogP contribution in [0.3, 0.4) is 0 Å². The average Bonchev–Trinajstić information content (AvgIpc) is 3.12. The minimum Gasteiger partial charge on any atom is -0.461 e. The van der Waals surface area contributed by atoms with Gasteiger partial charge in [-0.05, 0) is 38.3 Å². The van der Waals surface area contributed by atoms with Crippen LogP contribution >= 0.6 is 0 Å². The van der Waals surface area contributed by atoms with E-state index in [0.717, 1.165) is 36.9 Å². The van der Waals surface area contributed by atoms with Crippen molar-refractivity contribution in [1.82, 2.24) is 4.98 Å². The van der Waals surface area contributed by atoms with Gasteiger partial charge in [0.05, 0.1) is 6.10 Å². The van der Waals surface area contributed by atoms with Crippen LogP contribution in [0.2, 0.25) is 0 Å². The molecule has 1 aromatic carbocycles. The summed E-state index contributed by atoms with van der Waals surface area (Å²) in [6, 6.07) is 7.86. The van der Waals surface area contributed by atoms with Gasteiger partial charge in [-0.2, -0.15) is 4.98 Å². The number of benzene rings is 1. The van der Waals surface area contributed by atoms with Crippen LogP contribution in [0.5, 0.6) is 0 Å². The lowest BCUT2D eigenvalue weighted by Gasteiger charge is -2.22. The molecule has 5 heteroatoms. The number of rotatable bonds is 4. The predicted octanol–water partition coefficient (Wildman–Crippen LogP) is 3.14. The van der Waals surface area contributed by atoms with Crippen molar-refractivity contribution in [1.29, 1.82) is 0 Å². The van der Waals surface area contributed by atoms with Gasteiger partial charge < -0.3 is 14.1 Å². The van der Waals surface area contributed by atoms with Gasteiger partial charge in [0.15, 0.2) is 5.58 Å². The average molecular weight is 288 g/mol. The van der Waals surface area contributed by atoms with E-state index in [1.54, 1.807) is 0 Å². The molecule has 1 saturated heterocycles. The Morgan fingerprint density at radius 1 is 1.52 bits per heavy atom. The van der Waals surface area contributed by atoms with Crippen LogP contribution < -0.4 is 4.90 Å². The second-order valence-electron chi connectivity index (χ2n) is 5.47. The lowest BCUT2D eigenvalue weighted by atomic mass is 10.2. The molecule has 0 N–H and O–H groups in total. The number of ether oxygens (including phenoxy) is 1. The van der Waals surface area contributed by atoms with Gasteiger partial charge in [0.2, 0.25) is 0 Å². The monoisotopic (exact) mass is 288 g/mol. The summed E-state index contributed by atoms with van der Waals surface area (Å²) in [6.45, 7) is 4.69. The van der Waals surface area contributed by atoms with E-state index in [4.69, 9.17) is 9.15 Å². The van der Waals surface area contributed by atoms with Gasteiger partial charge in [-0.3, -0.25) is 0 Å². The van der Waals surface area contributed by atoms with Crippen LogP contribution in [0.25, 0.3) is 11.1 Å². The smallest absolute Gasteiger partial charge is 0.329 e. The number of oxazole rings is 1. The minimum absolute atomic E-state index is 0.0522. The van der Waals surface area contributed by atoms with E-state index in [2.05, 4.69) is 4.98 Å². The van der Waals surface area contributed by atoms with E-state index in [0.29, 0.717) is 6.01 Å². The van der Waals surface area contributed by atoms with Crippen molar-refractivity contribution >= 4 is 23.1 Å². The Morgan fingerprint density at radius 3 is 3.10 bits per heavy atom. The Labute approximate surface area is 123 Å². The summed E-state index contributed by atoms with van der Waals surface area (Å²) < 4.78 is 11.2. The van der Waals surface area contributed by atoms with Gasteiger partial charge in [-0.15, -0.1) is 0 Å². The van der Waals surface area contributed by atoms with Gasteiger partial charge in [-0.25, -0.2) is 4.79 Å². The summed E-state index contributed by atoms with van der Waals surface area (Å²) in [5.74, 6) is -0.177. The maximum absolute atomic E-state index is 12.3. The number of hydrogen-bond donors (Lipinski definition) is 0. The van der Waals surface area contributed by atoms with Crippen LogP contribution in [0.4, 0.5) is 6.01 Å². The van der Waals surface area contributed by atoms with Crippen LogP contribution in [0, 0.1) is 0 Å². The van der Waals surface area contributed by atoms with Crippen molar-refractivity contribution < 1.29 is 13.9 Å². The lowest BCUT2D eigenvalue weighted by molar-refractivity contribution is -0.149. The van der Waals surface area contributed by atoms with Crippen molar-refractivity contribution in [2.75, 3.05) is 11.4 Å². The highest BCUT2D eigenvalue weighted by Gasteiger charge is 2.35. The highest BCUT2D eigenvalue weighted by molar-refractivity contribution is 5.81. The first-order chi connectivity index (χ1) is 10.2. The largest absolute Gasteiger partial charge is 0.461 e. The molecule has 112 valence electrons. The number of carbonyl (C=O) groups excluding carboxylic acids is 1. The normalized spacial score (nSPS) is 19.9. The minimum atomic E-state index is -0.285. The molecule has 0 radical (unpaired) electrons. The third-order valence-corrected chi connectivity index (χ3v) is 3.95. The summed E-state index contributed by atoms with van der Waals surface area (Å²) >= 11 is 0. The van der Waals surface area contributed by atoms with Gasteiger partial charge in [0.1, 0.15) is 11.6 Å². The quantitative estimate of drug-likeness (QED) is 0.809. The molecule has 0 bridgehead atoms. The molecule has 5 nitrogen and oxygen atoms in total. The second-order valence-corrected chi connectivity index (χ2v) is 5.47. The Kier molecular flexibility index (Phi) is 3.82. The number of esters is 1. The summed E-state index contributed by atoms with van der Waals surface area (Å²) in [5, 5.41) is 0. The fourth-order valence-electron chi connectivity index (χ4n) is 2.58. The van der Waals surface area contributed by atoms with Crippen molar-refractivity contribution in [2.24, 2.45) is 0 Å². The van der Waals surface area contributed by atoms with E-state index in [-0.39, 0.29) is 18.1 Å². The molecule has 1 aliphatic rings. The highest BCUT2D eigenvalue weighted by Crippen LogP contribution is 2.29. The molecular formula is C16H20N2O3. The molecule has 3 rings (SSSR count). The number of para-hydroxylation sites is 2. The van der Waals surface area contributed by atoms with E-state index >= 15 is 0 Å². The fourth-order valence-corrected chi connectivity index (χ4v) is 2.58. The molecule has 0 spiro atoms. The number of fused-ring (bicyclic) bond motifs is 1. The van der Waals surface area contributed by atoms with Crippen LogP contribution in [0.15, 0.2) is 28.7 Å². The summed E-state index contributed by atoms with van der Waals surface area (Å²) in [7, 11) is 0. The number of anilines is 1. The number of carbonyl (C=O) groups is 1. The predicted molar refractivity (Wildman–Crippen MR) is 80.2 cm³/mol. The molecule has 1 fully saturated rings. The molecule has 2 aromatic rings. The molecule has 1 unspecified atom stereocenters. The van der Waals surface area contributed by atoms with Gasteiger partial charge in [0, 0.05) is 6.54 Å². The zero-order valence-corrected chi connectivity index (χ0v) is 12.4. The Hall–Kier alpha value is -2.04. The third-order valence-electron chi connectivity index (χ3n) is 3.95. The Morgan fingerprint density at radius 2 is 2.33 bits per heavy atom. The van der Waals surface area contributed by atoms with Crippen molar-refractivity contribution in [3.05, 3.63) is 24.3 Å². The number of hydrogen-bond acceptors (Lipinski definition) is 5. The zero-order valence-electron chi connectivity index (χ0n) is 12.4. The Bertz CT molecular complexity index is 604. The SMILES string of the molecule is CCC(C)OC(=O)[C@@H]1CCCN1c1nc2ccccc2o1. The molecule has 0 aliphatic carbocycles. The first-order valence-electron chi connectivity index (χ1n) is 7.51. The summed E-state index contributed by atoms with van der Waals surface area (Å²) in [6.07, 6.45) is 2.50. The lowest BCUT2D eigenvalue weighted by Crippen LogP contribution is -2.38. The van der Waals surface area contributed by atoms with E-state index in [9.17, 15) is 4.79 Å². The van der Waals surface area contributed by atoms with E-state index in [1.807, 2.05) is 43.0 Å².